The number of hydrogen-bond donors (Lipinski definition) is 1. The largest absolute Gasteiger partial charge is 0.493 e. The first-order chi connectivity index (χ1) is 15.3. The molecule has 2 heterocycles. The van der Waals surface area contributed by atoms with Gasteiger partial charge in [-0.15, -0.1) is 0 Å². The maximum Gasteiger partial charge on any atom is 0.219 e. The van der Waals surface area contributed by atoms with Crippen LogP contribution < -0.4 is 9.47 Å². The van der Waals surface area contributed by atoms with Crippen LogP contribution in [0.15, 0.2) is 18.2 Å². The minimum Gasteiger partial charge on any atom is -0.493 e. The van der Waals surface area contributed by atoms with Crippen molar-refractivity contribution in [3.63, 3.8) is 0 Å². The first-order valence-corrected chi connectivity index (χ1v) is 11.6. The Morgan fingerprint density at radius 1 is 1.12 bits per heavy atom. The van der Waals surface area contributed by atoms with E-state index in [1.807, 2.05) is 17.0 Å². The van der Waals surface area contributed by atoms with Crippen molar-refractivity contribution in [3.05, 3.63) is 23.8 Å². The number of methoxy groups -OCH3 is 1. The minimum absolute atomic E-state index is 0.135. The molecule has 0 aromatic heterocycles. The lowest BCUT2D eigenvalue weighted by atomic mass is 10.0. The summed E-state index contributed by atoms with van der Waals surface area (Å²) in [7, 11) is 5.79. The summed E-state index contributed by atoms with van der Waals surface area (Å²) in [4.78, 5) is 20.1. The van der Waals surface area contributed by atoms with Crippen LogP contribution in [0.3, 0.4) is 0 Å². The topological polar surface area (TPSA) is 68.7 Å². The van der Waals surface area contributed by atoms with E-state index >= 15 is 0 Å². The summed E-state index contributed by atoms with van der Waals surface area (Å²) in [6.45, 7) is 9.40. The van der Waals surface area contributed by atoms with Crippen molar-refractivity contribution in [2.45, 2.75) is 31.9 Å². The number of hydrogen-bond acceptors (Lipinski definition) is 7. The van der Waals surface area contributed by atoms with E-state index in [9.17, 15) is 9.90 Å². The first-order valence-electron chi connectivity index (χ1n) is 11.6. The number of likely N-dealkylation sites (tertiary alicyclic amines) is 1. The molecule has 0 radical (unpaired) electrons. The average molecular weight is 449 g/mol. The number of β-amino-alcohol motifs (C(OH)–C–C–N with tert-alkyl or cyclic N) is 1. The Hall–Kier alpha value is -1.87. The van der Waals surface area contributed by atoms with Crippen molar-refractivity contribution < 1.29 is 19.4 Å². The highest BCUT2D eigenvalue weighted by atomic mass is 16.5. The van der Waals surface area contributed by atoms with Gasteiger partial charge in [0.25, 0.3) is 0 Å². The number of amides is 1. The quantitative estimate of drug-likeness (QED) is 0.538. The highest BCUT2D eigenvalue weighted by molar-refractivity contribution is 5.73. The third-order valence-corrected chi connectivity index (χ3v) is 6.39. The number of piperazine rings is 1. The molecule has 3 rings (SSSR count). The van der Waals surface area contributed by atoms with Gasteiger partial charge in [0.2, 0.25) is 5.91 Å². The number of carbonyl (C=O) groups is 1. The fourth-order valence-electron chi connectivity index (χ4n) is 4.59. The van der Waals surface area contributed by atoms with Gasteiger partial charge in [0.1, 0.15) is 0 Å². The molecule has 1 aromatic carbocycles. The number of carbonyl (C=O) groups excluding carboxylic acids is 1. The molecule has 180 valence electrons. The SMILES string of the molecule is COc1cc(CN2CC[C@@](O)(CN3CCN(C(C)=O)CC3)C2)ccc1OCCCN(C)C. The molecule has 1 amide bonds. The molecule has 0 unspecified atom stereocenters. The van der Waals surface area contributed by atoms with Crippen molar-refractivity contribution in [2.75, 3.05) is 80.2 Å². The molecular weight excluding hydrogens is 408 g/mol. The van der Waals surface area contributed by atoms with Crippen LogP contribution in [0, 0.1) is 0 Å². The molecule has 1 N–H and O–H groups in total. The maximum atomic E-state index is 11.5. The molecule has 2 fully saturated rings. The Balaban J connectivity index is 1.48. The van der Waals surface area contributed by atoms with Crippen LogP contribution in [-0.2, 0) is 11.3 Å². The Morgan fingerprint density at radius 2 is 1.88 bits per heavy atom. The summed E-state index contributed by atoms with van der Waals surface area (Å²) in [6, 6.07) is 6.11. The number of nitrogens with zero attached hydrogens (tertiary/aromatic N) is 4. The standard InChI is InChI=1S/C24H40N4O4/c1-20(29)28-13-11-26(12-14-28)18-24(30)8-10-27(19-24)17-21-6-7-22(23(16-21)31-4)32-15-5-9-25(2)3/h6-7,16,30H,5,8-15,17-19H2,1-4H3/t24-/m1/s1. The number of aliphatic hydroxyl groups is 1. The zero-order chi connectivity index (χ0) is 23.1. The van der Waals surface area contributed by atoms with Crippen LogP contribution in [0.2, 0.25) is 0 Å². The van der Waals surface area contributed by atoms with E-state index in [2.05, 4.69) is 34.9 Å². The van der Waals surface area contributed by atoms with Gasteiger partial charge in [-0.2, -0.15) is 0 Å². The van der Waals surface area contributed by atoms with Gasteiger partial charge in [0, 0.05) is 65.8 Å². The Bertz CT molecular complexity index is 752. The summed E-state index contributed by atoms with van der Waals surface area (Å²) in [5, 5.41) is 11.2. The fourth-order valence-corrected chi connectivity index (χ4v) is 4.59. The second-order valence-electron chi connectivity index (χ2n) is 9.46. The molecule has 2 aliphatic heterocycles. The van der Waals surface area contributed by atoms with Gasteiger partial charge in [-0.1, -0.05) is 6.07 Å². The number of rotatable bonds is 10. The van der Waals surface area contributed by atoms with E-state index in [1.165, 1.54) is 0 Å². The van der Waals surface area contributed by atoms with E-state index in [0.717, 1.165) is 75.7 Å². The van der Waals surface area contributed by atoms with Gasteiger partial charge in [0.05, 0.1) is 19.3 Å². The van der Waals surface area contributed by atoms with Gasteiger partial charge in [0.15, 0.2) is 11.5 Å². The van der Waals surface area contributed by atoms with Crippen LogP contribution >= 0.6 is 0 Å². The van der Waals surface area contributed by atoms with Gasteiger partial charge in [-0.3, -0.25) is 14.6 Å². The maximum absolute atomic E-state index is 11.5. The number of benzene rings is 1. The fraction of sp³-hybridized carbons (Fsp3) is 0.708. The molecule has 0 spiro atoms. The van der Waals surface area contributed by atoms with Gasteiger partial charge in [-0.25, -0.2) is 0 Å². The summed E-state index contributed by atoms with van der Waals surface area (Å²) in [5.41, 5.74) is 0.458. The molecule has 32 heavy (non-hydrogen) atoms. The first kappa shape index (κ1) is 24.8. The summed E-state index contributed by atoms with van der Waals surface area (Å²) >= 11 is 0. The molecular formula is C24H40N4O4. The molecule has 1 aromatic rings. The highest BCUT2D eigenvalue weighted by Crippen LogP contribution is 2.30. The van der Waals surface area contributed by atoms with Crippen LogP contribution in [0.25, 0.3) is 0 Å². The lowest BCUT2D eigenvalue weighted by molar-refractivity contribution is -0.130. The van der Waals surface area contributed by atoms with Crippen molar-refractivity contribution in [2.24, 2.45) is 0 Å². The van der Waals surface area contributed by atoms with E-state index in [1.54, 1.807) is 14.0 Å². The minimum atomic E-state index is -0.696. The Morgan fingerprint density at radius 3 is 2.53 bits per heavy atom. The smallest absolute Gasteiger partial charge is 0.219 e. The lowest BCUT2D eigenvalue weighted by Gasteiger charge is -2.38. The average Bonchev–Trinajstić information content (AvgIpc) is 3.12. The second kappa shape index (κ2) is 11.3. The lowest BCUT2D eigenvalue weighted by Crippen LogP contribution is -2.53. The zero-order valence-electron chi connectivity index (χ0n) is 20.2. The molecule has 0 aliphatic carbocycles. The van der Waals surface area contributed by atoms with Gasteiger partial charge < -0.3 is 24.4 Å². The number of ether oxygens (including phenoxy) is 2. The molecule has 1 atom stereocenters. The van der Waals surface area contributed by atoms with Gasteiger partial charge >= 0.3 is 0 Å². The van der Waals surface area contributed by atoms with E-state index in [4.69, 9.17) is 9.47 Å². The molecule has 2 saturated heterocycles. The summed E-state index contributed by atoms with van der Waals surface area (Å²) in [5.74, 6) is 1.67. The van der Waals surface area contributed by atoms with Crippen molar-refractivity contribution >= 4 is 5.91 Å². The molecule has 8 nitrogen and oxygen atoms in total. The molecule has 8 heteroatoms. The molecule has 0 saturated carbocycles. The van der Waals surface area contributed by atoms with Crippen LogP contribution in [0.5, 0.6) is 11.5 Å². The van der Waals surface area contributed by atoms with Crippen LogP contribution in [0.1, 0.15) is 25.3 Å². The monoisotopic (exact) mass is 448 g/mol. The normalized spacial score (nSPS) is 22.5. The molecule has 2 aliphatic rings. The van der Waals surface area contributed by atoms with E-state index in [0.29, 0.717) is 19.7 Å². The van der Waals surface area contributed by atoms with Gasteiger partial charge in [-0.05, 0) is 44.6 Å². The third-order valence-electron chi connectivity index (χ3n) is 6.39. The predicted molar refractivity (Wildman–Crippen MR) is 125 cm³/mol. The third kappa shape index (κ3) is 7.07. The highest BCUT2D eigenvalue weighted by Gasteiger charge is 2.38. The summed E-state index contributed by atoms with van der Waals surface area (Å²) < 4.78 is 11.5. The predicted octanol–water partition coefficient (Wildman–Crippen LogP) is 1.13. The second-order valence-corrected chi connectivity index (χ2v) is 9.46. The van der Waals surface area contributed by atoms with Crippen LogP contribution in [0.4, 0.5) is 0 Å². The Labute approximate surface area is 192 Å². The zero-order valence-corrected chi connectivity index (χ0v) is 20.2. The van der Waals surface area contributed by atoms with Crippen LogP contribution in [-0.4, -0.2) is 116 Å². The molecule has 0 bridgehead atoms. The van der Waals surface area contributed by atoms with E-state index in [-0.39, 0.29) is 5.91 Å². The van der Waals surface area contributed by atoms with Crippen molar-refractivity contribution in [1.82, 2.24) is 19.6 Å². The van der Waals surface area contributed by atoms with E-state index < -0.39 is 5.60 Å². The Kier molecular flexibility index (Phi) is 8.76. The van der Waals surface area contributed by atoms with Crippen molar-refractivity contribution in [3.8, 4) is 11.5 Å². The summed E-state index contributed by atoms with van der Waals surface area (Å²) in [6.07, 6.45) is 1.73. The van der Waals surface area contributed by atoms with Crippen molar-refractivity contribution in [1.29, 1.82) is 0 Å².